The molecule has 0 aliphatic carbocycles. The largest absolute Gasteiger partial charge is 0.481 e. The minimum absolute atomic E-state index is 0. The second kappa shape index (κ2) is 10.3. The van der Waals surface area contributed by atoms with Gasteiger partial charge in [0.2, 0.25) is 11.8 Å². The van der Waals surface area contributed by atoms with Crippen LogP contribution in [0.25, 0.3) is 0 Å². The maximum atomic E-state index is 11.9. The molecule has 3 aromatic rings. The molecule has 0 saturated carbocycles. The van der Waals surface area contributed by atoms with Crippen LogP contribution in [0.5, 0.6) is 5.88 Å². The standard InChI is InChI=1S/C23H25N5O2.CH4/c1-6-18(29)10-17-9-14(2)7-8-19(17)26-22-16(4)13-25-23(28-22)27-20-11-21(30-5)24-12-15(20)3;/h6-9,11-13H,1,10H2,2-5H3,(H2,24,25,26,27,28);1H4. The van der Waals surface area contributed by atoms with E-state index in [1.807, 2.05) is 39.0 Å². The predicted octanol–water partition coefficient (Wildman–Crippen LogP) is 5.23. The highest BCUT2D eigenvalue weighted by molar-refractivity contribution is 5.92. The summed E-state index contributed by atoms with van der Waals surface area (Å²) in [6, 6.07) is 7.73. The van der Waals surface area contributed by atoms with Crippen molar-refractivity contribution in [2.45, 2.75) is 34.6 Å². The third-order valence-electron chi connectivity index (χ3n) is 4.61. The van der Waals surface area contributed by atoms with Crippen LogP contribution in [0, 0.1) is 20.8 Å². The molecule has 0 amide bonds. The van der Waals surface area contributed by atoms with E-state index in [0.717, 1.165) is 33.6 Å². The number of nitrogens with one attached hydrogen (secondary N) is 2. The molecule has 0 bridgehead atoms. The average Bonchev–Trinajstić information content (AvgIpc) is 2.73. The first-order valence-corrected chi connectivity index (χ1v) is 9.52. The third kappa shape index (κ3) is 5.88. The number of nitrogens with zero attached hydrogens (tertiary/aromatic N) is 3. The lowest BCUT2D eigenvalue weighted by Gasteiger charge is -2.15. The summed E-state index contributed by atoms with van der Waals surface area (Å²) in [6.45, 7) is 9.43. The smallest absolute Gasteiger partial charge is 0.229 e. The van der Waals surface area contributed by atoms with Crippen LogP contribution in [0.1, 0.15) is 29.7 Å². The second-order valence-corrected chi connectivity index (χ2v) is 7.02. The van der Waals surface area contributed by atoms with Crippen molar-refractivity contribution in [1.82, 2.24) is 15.0 Å². The summed E-state index contributed by atoms with van der Waals surface area (Å²) in [5, 5.41) is 6.56. The maximum Gasteiger partial charge on any atom is 0.229 e. The highest BCUT2D eigenvalue weighted by Crippen LogP contribution is 2.26. The van der Waals surface area contributed by atoms with E-state index >= 15 is 0 Å². The average molecular weight is 420 g/mol. The fourth-order valence-electron chi connectivity index (χ4n) is 2.88. The molecule has 1 aromatic carbocycles. The van der Waals surface area contributed by atoms with Gasteiger partial charge >= 0.3 is 0 Å². The van der Waals surface area contributed by atoms with E-state index in [9.17, 15) is 4.79 Å². The van der Waals surface area contributed by atoms with E-state index in [2.05, 4.69) is 32.2 Å². The molecule has 0 aliphatic rings. The van der Waals surface area contributed by atoms with Crippen molar-refractivity contribution in [3.05, 3.63) is 71.6 Å². The van der Waals surface area contributed by atoms with Crippen LogP contribution in [0.2, 0.25) is 0 Å². The van der Waals surface area contributed by atoms with Gasteiger partial charge in [-0.3, -0.25) is 4.79 Å². The van der Waals surface area contributed by atoms with Gasteiger partial charge < -0.3 is 15.4 Å². The lowest BCUT2D eigenvalue weighted by Crippen LogP contribution is -2.07. The van der Waals surface area contributed by atoms with E-state index in [1.165, 1.54) is 6.08 Å². The van der Waals surface area contributed by atoms with Crippen molar-refractivity contribution in [2.75, 3.05) is 17.7 Å². The monoisotopic (exact) mass is 419 g/mol. The Morgan fingerprint density at radius 1 is 1.06 bits per heavy atom. The number of methoxy groups -OCH3 is 1. The van der Waals surface area contributed by atoms with Gasteiger partial charge in [-0.15, -0.1) is 0 Å². The Balaban J connectivity index is 0.00000341. The van der Waals surface area contributed by atoms with E-state index in [0.29, 0.717) is 17.6 Å². The molecule has 3 rings (SSSR count). The summed E-state index contributed by atoms with van der Waals surface area (Å²) < 4.78 is 5.19. The van der Waals surface area contributed by atoms with E-state index in [-0.39, 0.29) is 19.6 Å². The van der Waals surface area contributed by atoms with Gasteiger partial charge in [0.15, 0.2) is 5.78 Å². The van der Waals surface area contributed by atoms with Crippen LogP contribution in [-0.4, -0.2) is 27.8 Å². The zero-order valence-corrected chi connectivity index (χ0v) is 17.6. The minimum atomic E-state index is -0.0347. The van der Waals surface area contributed by atoms with Gasteiger partial charge in [0.05, 0.1) is 12.8 Å². The molecule has 0 spiro atoms. The number of anilines is 4. The lowest BCUT2D eigenvalue weighted by molar-refractivity contribution is -0.114. The first kappa shape index (κ1) is 23.5. The number of carbonyl (C=O) groups excluding carboxylic acids is 1. The van der Waals surface area contributed by atoms with Gasteiger partial charge in [0, 0.05) is 36.1 Å². The summed E-state index contributed by atoms with van der Waals surface area (Å²) in [7, 11) is 1.57. The molecular weight excluding hydrogens is 390 g/mol. The normalized spacial score (nSPS) is 10.1. The van der Waals surface area contributed by atoms with Crippen molar-refractivity contribution in [3.63, 3.8) is 0 Å². The van der Waals surface area contributed by atoms with E-state index in [1.54, 1.807) is 25.6 Å². The van der Waals surface area contributed by atoms with Crippen LogP contribution in [0.4, 0.5) is 23.1 Å². The highest BCUT2D eigenvalue weighted by atomic mass is 16.5. The van der Waals surface area contributed by atoms with Gasteiger partial charge in [-0.25, -0.2) is 9.97 Å². The maximum absolute atomic E-state index is 11.9. The molecule has 0 unspecified atom stereocenters. The number of rotatable bonds is 8. The number of hydrogen-bond acceptors (Lipinski definition) is 7. The van der Waals surface area contributed by atoms with Crippen LogP contribution >= 0.6 is 0 Å². The van der Waals surface area contributed by atoms with Crippen LogP contribution in [0.3, 0.4) is 0 Å². The van der Waals surface area contributed by atoms with Crippen molar-refractivity contribution >= 4 is 28.9 Å². The Morgan fingerprint density at radius 3 is 2.52 bits per heavy atom. The van der Waals surface area contributed by atoms with Gasteiger partial charge in [-0.1, -0.05) is 31.7 Å². The first-order chi connectivity index (χ1) is 14.4. The van der Waals surface area contributed by atoms with Crippen LogP contribution in [-0.2, 0) is 11.2 Å². The minimum Gasteiger partial charge on any atom is -0.481 e. The van der Waals surface area contributed by atoms with Gasteiger partial charge in [0.25, 0.3) is 0 Å². The highest BCUT2D eigenvalue weighted by Gasteiger charge is 2.11. The molecule has 0 aliphatic heterocycles. The molecule has 7 heteroatoms. The van der Waals surface area contributed by atoms with Gasteiger partial charge in [-0.2, -0.15) is 4.98 Å². The molecular formula is C24H29N5O2. The first-order valence-electron chi connectivity index (χ1n) is 9.52. The number of aryl methyl sites for hydroxylation is 3. The van der Waals surface area contributed by atoms with Crippen LogP contribution < -0.4 is 15.4 Å². The number of ketones is 1. The number of pyridine rings is 1. The lowest BCUT2D eigenvalue weighted by atomic mass is 10.0. The molecule has 0 radical (unpaired) electrons. The number of carbonyl (C=O) groups is 1. The van der Waals surface area contributed by atoms with E-state index in [4.69, 9.17) is 4.74 Å². The molecule has 2 aromatic heterocycles. The SMILES string of the molecule is C.C=CC(=O)Cc1cc(C)ccc1Nc1nc(Nc2cc(OC)ncc2C)ncc1C. The topological polar surface area (TPSA) is 89.0 Å². The summed E-state index contributed by atoms with van der Waals surface area (Å²) in [5.74, 6) is 1.56. The number of allylic oxidation sites excluding steroid dienone is 1. The molecule has 2 heterocycles. The Hall–Kier alpha value is -3.74. The molecule has 0 atom stereocenters. The molecule has 0 fully saturated rings. The zero-order valence-electron chi connectivity index (χ0n) is 17.6. The fourth-order valence-corrected chi connectivity index (χ4v) is 2.88. The van der Waals surface area contributed by atoms with Crippen LogP contribution in [0.15, 0.2) is 49.3 Å². The number of hydrogen-bond donors (Lipinski definition) is 2. The summed E-state index contributed by atoms with van der Waals surface area (Å²) in [5.41, 5.74) is 5.43. The Labute approximate surface area is 183 Å². The van der Waals surface area contributed by atoms with Gasteiger partial charge in [0.1, 0.15) is 5.82 Å². The Kier molecular flexibility index (Phi) is 7.85. The predicted molar refractivity (Wildman–Crippen MR) is 126 cm³/mol. The second-order valence-electron chi connectivity index (χ2n) is 7.02. The Bertz CT molecular complexity index is 1100. The van der Waals surface area contributed by atoms with Crippen molar-refractivity contribution in [3.8, 4) is 5.88 Å². The van der Waals surface area contributed by atoms with Crippen molar-refractivity contribution < 1.29 is 9.53 Å². The molecule has 7 nitrogen and oxygen atoms in total. The molecule has 2 N–H and O–H groups in total. The van der Waals surface area contributed by atoms with Crippen molar-refractivity contribution in [2.24, 2.45) is 0 Å². The number of ether oxygens (including phenoxy) is 1. The molecule has 162 valence electrons. The molecule has 0 saturated heterocycles. The fraction of sp³-hybridized carbons (Fsp3) is 0.250. The van der Waals surface area contributed by atoms with E-state index < -0.39 is 0 Å². The Morgan fingerprint density at radius 2 is 1.81 bits per heavy atom. The van der Waals surface area contributed by atoms with Crippen molar-refractivity contribution in [1.29, 1.82) is 0 Å². The summed E-state index contributed by atoms with van der Waals surface area (Å²) >= 11 is 0. The summed E-state index contributed by atoms with van der Waals surface area (Å²) in [4.78, 5) is 25.1. The number of benzene rings is 1. The zero-order chi connectivity index (χ0) is 21.7. The summed E-state index contributed by atoms with van der Waals surface area (Å²) in [6.07, 6.45) is 5.09. The quantitative estimate of drug-likeness (QED) is 0.483. The third-order valence-corrected chi connectivity index (χ3v) is 4.61. The van der Waals surface area contributed by atoms with Gasteiger partial charge in [-0.05, 0) is 44.0 Å². The molecule has 31 heavy (non-hydrogen) atoms. The number of aromatic nitrogens is 3.